The molecule has 0 aliphatic carbocycles. The Morgan fingerprint density at radius 3 is 2.93 bits per heavy atom. The lowest BCUT2D eigenvalue weighted by molar-refractivity contribution is -0.739. The van der Waals surface area contributed by atoms with Crippen molar-refractivity contribution < 1.29 is 23.8 Å². The standard InChI is InChI=1S/C18H13N5O4S/c1-23-7-14(27-22-23)21-17(24)16-15(19)10-3-4-11(20-18(10)28-16)9-2-5-12-13(6-9)26-8-25-12/h2-7H,8H2,1H3,(H2-,19,21,22,24). The average molecular weight is 395 g/mol. The summed E-state index contributed by atoms with van der Waals surface area (Å²) in [4.78, 5) is 9.52. The molecule has 1 aromatic carbocycles. The second kappa shape index (κ2) is 6.20. The van der Waals surface area contributed by atoms with Gasteiger partial charge in [-0.1, -0.05) is 4.68 Å². The lowest BCUT2D eigenvalue weighted by Crippen LogP contribution is -2.27. The number of hydrogen-bond acceptors (Lipinski definition) is 9. The van der Waals surface area contributed by atoms with Crippen LogP contribution in [0.2, 0.25) is 0 Å². The number of fused-ring (bicyclic) bond motifs is 2. The van der Waals surface area contributed by atoms with Gasteiger partial charge in [0.1, 0.15) is 4.83 Å². The Morgan fingerprint density at radius 1 is 1.25 bits per heavy atom. The first kappa shape index (κ1) is 16.5. The van der Waals surface area contributed by atoms with Crippen LogP contribution in [0.1, 0.15) is 4.88 Å². The van der Waals surface area contributed by atoms with Gasteiger partial charge in [0.2, 0.25) is 6.79 Å². The quantitative estimate of drug-likeness (QED) is 0.317. The predicted octanol–water partition coefficient (Wildman–Crippen LogP) is 1.53. The Labute approximate surface area is 162 Å². The maximum Gasteiger partial charge on any atom is 0.320 e. The average Bonchev–Trinajstić information content (AvgIpc) is 3.40. The molecule has 0 saturated carbocycles. The van der Waals surface area contributed by atoms with Crippen LogP contribution in [0, 0.1) is 0 Å². The summed E-state index contributed by atoms with van der Waals surface area (Å²) in [6.07, 6.45) is 1.50. The zero-order valence-corrected chi connectivity index (χ0v) is 15.4. The van der Waals surface area contributed by atoms with E-state index in [1.165, 1.54) is 22.2 Å². The van der Waals surface area contributed by atoms with Gasteiger partial charge in [0, 0.05) is 16.8 Å². The molecule has 4 aromatic rings. The van der Waals surface area contributed by atoms with E-state index in [-0.39, 0.29) is 12.7 Å². The molecule has 1 aliphatic rings. The summed E-state index contributed by atoms with van der Waals surface area (Å²) in [6, 6.07) is 9.32. The lowest BCUT2D eigenvalue weighted by atomic mass is 10.1. The number of rotatable bonds is 3. The third-order valence-electron chi connectivity index (χ3n) is 4.23. The second-order valence-corrected chi connectivity index (χ2v) is 7.09. The highest BCUT2D eigenvalue weighted by Gasteiger charge is 2.16. The number of aliphatic imine (C=N–C) groups is 1. The largest absolute Gasteiger partial charge is 0.857 e. The molecular weight excluding hydrogens is 382 g/mol. The Kier molecular flexibility index (Phi) is 3.66. The first-order valence-electron chi connectivity index (χ1n) is 8.26. The lowest BCUT2D eigenvalue weighted by Gasteiger charge is -2.06. The predicted molar refractivity (Wildman–Crippen MR) is 99.5 cm³/mol. The summed E-state index contributed by atoms with van der Waals surface area (Å²) in [5.41, 5.74) is 8.13. The van der Waals surface area contributed by atoms with Gasteiger partial charge < -0.3 is 20.3 Å². The summed E-state index contributed by atoms with van der Waals surface area (Å²) in [7, 11) is 1.67. The van der Waals surface area contributed by atoms with Gasteiger partial charge >= 0.3 is 5.88 Å². The molecule has 3 aromatic heterocycles. The van der Waals surface area contributed by atoms with Gasteiger partial charge in [-0.3, -0.25) is 4.52 Å². The van der Waals surface area contributed by atoms with Crippen LogP contribution in [0.15, 0.2) is 46.0 Å². The summed E-state index contributed by atoms with van der Waals surface area (Å²) in [5, 5.41) is 16.8. The van der Waals surface area contributed by atoms with E-state index in [4.69, 9.17) is 19.7 Å². The minimum Gasteiger partial charge on any atom is -0.857 e. The molecule has 1 aliphatic heterocycles. The summed E-state index contributed by atoms with van der Waals surface area (Å²) in [5.74, 6) is 1.00. The highest BCUT2D eigenvalue weighted by atomic mass is 32.1. The first-order chi connectivity index (χ1) is 13.6. The molecule has 0 amide bonds. The molecule has 0 unspecified atom stereocenters. The molecule has 0 bridgehead atoms. The van der Waals surface area contributed by atoms with Gasteiger partial charge in [-0.05, 0) is 30.3 Å². The minimum absolute atomic E-state index is 0.110. The summed E-state index contributed by atoms with van der Waals surface area (Å²) in [6.45, 7) is 0.213. The van der Waals surface area contributed by atoms with Crippen LogP contribution >= 0.6 is 11.3 Å². The van der Waals surface area contributed by atoms with Crippen molar-refractivity contribution in [3.63, 3.8) is 0 Å². The topological polar surface area (TPSA) is 123 Å². The number of nitrogens with zero attached hydrogens (tertiary/aromatic N) is 4. The minimum atomic E-state index is -0.498. The molecule has 0 fully saturated rings. The van der Waals surface area contributed by atoms with Crippen LogP contribution in [0.25, 0.3) is 21.5 Å². The Balaban J connectivity index is 1.55. The highest BCUT2D eigenvalue weighted by Crippen LogP contribution is 2.38. The maximum absolute atomic E-state index is 12.5. The van der Waals surface area contributed by atoms with Gasteiger partial charge in [-0.2, -0.15) is 0 Å². The number of aromatic nitrogens is 3. The van der Waals surface area contributed by atoms with E-state index in [1.807, 2.05) is 30.3 Å². The third kappa shape index (κ3) is 2.70. The number of nitrogen functional groups attached to an aromatic ring is 1. The van der Waals surface area contributed by atoms with Gasteiger partial charge in [0.15, 0.2) is 23.8 Å². The molecule has 0 atom stereocenters. The summed E-state index contributed by atoms with van der Waals surface area (Å²) >= 11 is 1.19. The number of ether oxygens (including phenoxy) is 2. The SMILES string of the molecule is C[n+]1cc(/N=C(\[O-])c2sc3nc(-c4ccc5c(c4)OCO5)ccc3c2N)on1. The van der Waals surface area contributed by atoms with Gasteiger partial charge in [0.05, 0.1) is 16.3 Å². The van der Waals surface area contributed by atoms with Crippen molar-refractivity contribution >= 4 is 39.0 Å². The molecule has 10 heteroatoms. The summed E-state index contributed by atoms with van der Waals surface area (Å²) < 4.78 is 17.1. The van der Waals surface area contributed by atoms with Crippen LogP contribution in [0.5, 0.6) is 11.5 Å². The number of hydrogen-bond donors (Lipinski definition) is 1. The number of benzene rings is 1. The first-order valence-corrected chi connectivity index (χ1v) is 9.08. The van der Waals surface area contributed by atoms with Crippen molar-refractivity contribution in [2.75, 3.05) is 12.5 Å². The third-order valence-corrected chi connectivity index (χ3v) is 5.33. The maximum atomic E-state index is 12.5. The fourth-order valence-corrected chi connectivity index (χ4v) is 3.86. The second-order valence-electron chi connectivity index (χ2n) is 6.09. The van der Waals surface area contributed by atoms with Crippen LogP contribution in [0.3, 0.4) is 0 Å². The van der Waals surface area contributed by atoms with Crippen molar-refractivity contribution in [1.29, 1.82) is 0 Å². The fraction of sp³-hybridized carbons (Fsp3) is 0.111. The van der Waals surface area contributed by atoms with E-state index in [9.17, 15) is 5.11 Å². The molecule has 0 radical (unpaired) electrons. The van der Waals surface area contributed by atoms with Crippen molar-refractivity contribution in [3.8, 4) is 22.8 Å². The monoisotopic (exact) mass is 395 g/mol. The van der Waals surface area contributed by atoms with Crippen LogP contribution < -0.4 is 25.0 Å². The molecule has 9 nitrogen and oxygen atoms in total. The van der Waals surface area contributed by atoms with E-state index in [1.54, 1.807) is 7.05 Å². The van der Waals surface area contributed by atoms with E-state index < -0.39 is 5.90 Å². The van der Waals surface area contributed by atoms with E-state index in [0.29, 0.717) is 32.3 Å². The number of nitrogens with two attached hydrogens (primary N) is 1. The molecule has 2 N–H and O–H groups in total. The number of thiophene rings is 1. The molecule has 0 spiro atoms. The van der Waals surface area contributed by atoms with Crippen LogP contribution in [0.4, 0.5) is 11.6 Å². The number of aryl methyl sites for hydroxylation is 1. The number of pyridine rings is 1. The van der Waals surface area contributed by atoms with Gasteiger partial charge in [-0.25, -0.2) is 9.98 Å². The Bertz CT molecular complexity index is 1250. The molecule has 5 rings (SSSR count). The molecule has 140 valence electrons. The van der Waals surface area contributed by atoms with Crippen LogP contribution in [-0.4, -0.2) is 22.9 Å². The van der Waals surface area contributed by atoms with E-state index >= 15 is 0 Å². The fourth-order valence-electron chi connectivity index (χ4n) is 2.89. The van der Waals surface area contributed by atoms with Crippen molar-refractivity contribution in [2.24, 2.45) is 12.0 Å². The van der Waals surface area contributed by atoms with Crippen LogP contribution in [-0.2, 0) is 7.05 Å². The van der Waals surface area contributed by atoms with E-state index in [2.05, 4.69) is 15.2 Å². The van der Waals surface area contributed by atoms with Crippen molar-refractivity contribution in [2.45, 2.75) is 0 Å². The zero-order valence-electron chi connectivity index (χ0n) is 14.6. The van der Waals surface area contributed by atoms with E-state index in [0.717, 1.165) is 11.3 Å². The van der Waals surface area contributed by atoms with Gasteiger partial charge in [0.25, 0.3) is 6.20 Å². The highest BCUT2D eigenvalue weighted by molar-refractivity contribution is 7.21. The Morgan fingerprint density at radius 2 is 2.11 bits per heavy atom. The molecule has 4 heterocycles. The molecule has 0 saturated heterocycles. The van der Waals surface area contributed by atoms with Crippen molar-refractivity contribution in [3.05, 3.63) is 41.4 Å². The smallest absolute Gasteiger partial charge is 0.320 e. The molecular formula is C18H13N5O4S. The van der Waals surface area contributed by atoms with Gasteiger partial charge in [-0.15, -0.1) is 11.3 Å². The van der Waals surface area contributed by atoms with Crippen molar-refractivity contribution in [1.82, 2.24) is 10.3 Å². The zero-order chi connectivity index (χ0) is 19.3. The Hall–Kier alpha value is -3.66. The molecule has 28 heavy (non-hydrogen) atoms. The number of anilines is 1. The normalized spacial score (nSPS) is 13.4.